The van der Waals surface area contributed by atoms with Gasteiger partial charge in [-0.2, -0.15) is 0 Å². The third kappa shape index (κ3) is 3.95. The molecule has 2 aromatic carbocycles. The van der Waals surface area contributed by atoms with Crippen molar-refractivity contribution in [1.82, 2.24) is 0 Å². The van der Waals surface area contributed by atoms with Crippen LogP contribution < -0.4 is 14.5 Å². The van der Waals surface area contributed by atoms with Crippen LogP contribution in [-0.4, -0.2) is 45.6 Å². The summed E-state index contributed by atoms with van der Waals surface area (Å²) in [5.41, 5.74) is 3.23. The number of piperazine rings is 1. The zero-order valence-corrected chi connectivity index (χ0v) is 14.4. The number of hydrogen-bond donors (Lipinski definition) is 1. The number of Topliss-reactive ketones (excluding diaryl/α,β-unsaturated/α-hetero) is 1. The van der Waals surface area contributed by atoms with Gasteiger partial charge in [0.05, 0.1) is 33.3 Å². The van der Waals surface area contributed by atoms with Crippen molar-refractivity contribution in [1.29, 1.82) is 0 Å². The van der Waals surface area contributed by atoms with Crippen molar-refractivity contribution in [3.63, 3.8) is 0 Å². The molecule has 0 radical (unpaired) electrons. The summed E-state index contributed by atoms with van der Waals surface area (Å²) in [7, 11) is 1.68. The van der Waals surface area contributed by atoms with Gasteiger partial charge in [0.25, 0.3) is 0 Å². The normalized spacial score (nSPS) is 15.3. The molecule has 0 spiro atoms. The van der Waals surface area contributed by atoms with E-state index in [1.807, 2.05) is 43.3 Å². The zero-order valence-electron chi connectivity index (χ0n) is 14.4. The number of hydrogen-bond acceptors (Lipinski definition) is 3. The molecule has 1 fully saturated rings. The lowest BCUT2D eigenvalue weighted by Gasteiger charge is -2.33. The molecule has 0 aliphatic carbocycles. The lowest BCUT2D eigenvalue weighted by Crippen LogP contribution is -3.15. The van der Waals surface area contributed by atoms with Gasteiger partial charge in [-0.05, 0) is 31.2 Å². The first-order valence-electron chi connectivity index (χ1n) is 8.48. The predicted octanol–water partition coefficient (Wildman–Crippen LogP) is 1.59. The summed E-state index contributed by atoms with van der Waals surface area (Å²) >= 11 is 0. The smallest absolute Gasteiger partial charge is 0.216 e. The fraction of sp³-hybridized carbons (Fsp3) is 0.350. The summed E-state index contributed by atoms with van der Waals surface area (Å²) in [5.74, 6) is 1.12. The maximum Gasteiger partial charge on any atom is 0.216 e. The second kappa shape index (κ2) is 7.49. The Balaban J connectivity index is 1.52. The highest BCUT2D eigenvalue weighted by molar-refractivity contribution is 5.96. The van der Waals surface area contributed by atoms with Crippen LogP contribution in [0.5, 0.6) is 5.75 Å². The predicted molar refractivity (Wildman–Crippen MR) is 96.3 cm³/mol. The number of benzene rings is 2. The molecule has 3 rings (SSSR count). The molecule has 1 heterocycles. The van der Waals surface area contributed by atoms with Crippen LogP contribution in [0.2, 0.25) is 0 Å². The molecule has 24 heavy (non-hydrogen) atoms. The van der Waals surface area contributed by atoms with Gasteiger partial charge in [0.1, 0.15) is 12.3 Å². The maximum absolute atomic E-state index is 12.4. The Morgan fingerprint density at radius 2 is 1.67 bits per heavy atom. The van der Waals surface area contributed by atoms with Crippen LogP contribution in [0.25, 0.3) is 0 Å². The first-order chi connectivity index (χ1) is 11.7. The van der Waals surface area contributed by atoms with Crippen LogP contribution >= 0.6 is 0 Å². The zero-order chi connectivity index (χ0) is 16.9. The van der Waals surface area contributed by atoms with Gasteiger partial charge >= 0.3 is 0 Å². The number of quaternary nitrogens is 1. The van der Waals surface area contributed by atoms with Crippen molar-refractivity contribution >= 4 is 11.5 Å². The van der Waals surface area contributed by atoms with Crippen molar-refractivity contribution in [3.05, 3.63) is 59.7 Å². The third-order valence-corrected chi connectivity index (χ3v) is 4.69. The minimum Gasteiger partial charge on any atom is -0.497 e. The van der Waals surface area contributed by atoms with E-state index in [1.165, 1.54) is 16.2 Å². The molecule has 2 aromatic rings. The number of aryl methyl sites for hydroxylation is 1. The van der Waals surface area contributed by atoms with Crippen molar-refractivity contribution in [2.75, 3.05) is 44.7 Å². The van der Waals surface area contributed by atoms with E-state index in [-0.39, 0.29) is 5.78 Å². The molecular formula is C20H25N2O2+. The average molecular weight is 325 g/mol. The van der Waals surface area contributed by atoms with Crippen LogP contribution in [0, 0.1) is 6.92 Å². The fourth-order valence-corrected chi connectivity index (χ4v) is 3.12. The van der Waals surface area contributed by atoms with Crippen LogP contribution in [-0.2, 0) is 0 Å². The van der Waals surface area contributed by atoms with E-state index in [4.69, 9.17) is 4.74 Å². The summed E-state index contributed by atoms with van der Waals surface area (Å²) in [5, 5.41) is 0. The second-order valence-corrected chi connectivity index (χ2v) is 6.40. The molecule has 0 unspecified atom stereocenters. The highest BCUT2D eigenvalue weighted by Crippen LogP contribution is 2.18. The van der Waals surface area contributed by atoms with Crippen LogP contribution in [0.1, 0.15) is 15.9 Å². The molecule has 126 valence electrons. The van der Waals surface area contributed by atoms with Crippen LogP contribution in [0.3, 0.4) is 0 Å². The monoisotopic (exact) mass is 325 g/mol. The lowest BCUT2D eigenvalue weighted by molar-refractivity contribution is -0.892. The number of ether oxygens (including phenoxy) is 1. The Morgan fingerprint density at radius 3 is 2.25 bits per heavy atom. The van der Waals surface area contributed by atoms with Gasteiger partial charge in [-0.1, -0.05) is 29.8 Å². The van der Waals surface area contributed by atoms with Gasteiger partial charge < -0.3 is 14.5 Å². The summed E-state index contributed by atoms with van der Waals surface area (Å²) < 4.78 is 5.21. The number of anilines is 1. The van der Waals surface area contributed by atoms with E-state index < -0.39 is 0 Å². The van der Waals surface area contributed by atoms with Crippen LogP contribution in [0.4, 0.5) is 5.69 Å². The highest BCUT2D eigenvalue weighted by atomic mass is 16.5. The molecular weight excluding hydrogens is 300 g/mol. The molecule has 1 aliphatic rings. The van der Waals surface area contributed by atoms with Crippen LogP contribution in [0.15, 0.2) is 48.5 Å². The Bertz CT molecular complexity index is 672. The van der Waals surface area contributed by atoms with E-state index in [0.29, 0.717) is 6.54 Å². The largest absolute Gasteiger partial charge is 0.497 e. The SMILES string of the molecule is COc1ccc(N2CC[NH+](CC(=O)c3ccc(C)cc3)CC2)cc1. The molecule has 0 atom stereocenters. The van der Waals surface area contributed by atoms with Gasteiger partial charge in [-0.15, -0.1) is 0 Å². The summed E-state index contributed by atoms with van der Waals surface area (Å²) in [6.07, 6.45) is 0. The van der Waals surface area contributed by atoms with Gasteiger partial charge in [0.15, 0.2) is 0 Å². The Labute approximate surface area is 143 Å². The van der Waals surface area contributed by atoms with E-state index >= 15 is 0 Å². The number of nitrogens with zero attached hydrogens (tertiary/aromatic N) is 1. The molecule has 0 bridgehead atoms. The first-order valence-corrected chi connectivity index (χ1v) is 8.48. The molecule has 0 amide bonds. The highest BCUT2D eigenvalue weighted by Gasteiger charge is 2.22. The minimum atomic E-state index is 0.239. The van der Waals surface area contributed by atoms with Gasteiger partial charge in [-0.3, -0.25) is 4.79 Å². The molecule has 4 nitrogen and oxygen atoms in total. The second-order valence-electron chi connectivity index (χ2n) is 6.40. The number of carbonyl (C=O) groups excluding carboxylic acids is 1. The summed E-state index contributed by atoms with van der Waals surface area (Å²) in [6.45, 7) is 6.55. The molecule has 1 aliphatic heterocycles. The molecule has 4 heteroatoms. The van der Waals surface area contributed by atoms with Gasteiger partial charge in [-0.25, -0.2) is 0 Å². The Hall–Kier alpha value is -2.33. The standard InChI is InChI=1S/C20H24N2O2/c1-16-3-5-17(6-4-16)20(23)15-21-11-13-22(14-12-21)18-7-9-19(24-2)10-8-18/h3-10H,11-15H2,1-2H3/p+1. The molecule has 0 aromatic heterocycles. The van der Waals surface area contributed by atoms with Crippen molar-refractivity contribution in [2.45, 2.75) is 6.92 Å². The summed E-state index contributed by atoms with van der Waals surface area (Å²) in [6, 6.07) is 16.1. The topological polar surface area (TPSA) is 34.0 Å². The lowest BCUT2D eigenvalue weighted by atomic mass is 10.1. The quantitative estimate of drug-likeness (QED) is 0.848. The van der Waals surface area contributed by atoms with Crippen molar-refractivity contribution < 1.29 is 14.4 Å². The fourth-order valence-electron chi connectivity index (χ4n) is 3.12. The van der Waals surface area contributed by atoms with Gasteiger partial charge in [0.2, 0.25) is 5.78 Å². The first kappa shape index (κ1) is 16.5. The number of carbonyl (C=O) groups is 1. The Kier molecular flexibility index (Phi) is 5.16. The van der Waals surface area contributed by atoms with E-state index in [9.17, 15) is 4.79 Å². The Morgan fingerprint density at radius 1 is 1.04 bits per heavy atom. The van der Waals surface area contributed by atoms with Gasteiger partial charge in [0, 0.05) is 11.3 Å². The molecule has 1 N–H and O–H groups in total. The van der Waals surface area contributed by atoms with E-state index in [1.54, 1.807) is 7.11 Å². The van der Waals surface area contributed by atoms with Crippen molar-refractivity contribution in [2.24, 2.45) is 0 Å². The molecule has 0 saturated carbocycles. The number of nitrogens with one attached hydrogen (secondary N) is 1. The number of methoxy groups -OCH3 is 1. The third-order valence-electron chi connectivity index (χ3n) is 4.69. The summed E-state index contributed by atoms with van der Waals surface area (Å²) in [4.78, 5) is 16.1. The van der Waals surface area contributed by atoms with E-state index in [2.05, 4.69) is 17.0 Å². The molecule has 1 saturated heterocycles. The van der Waals surface area contributed by atoms with Crippen molar-refractivity contribution in [3.8, 4) is 5.75 Å². The minimum absolute atomic E-state index is 0.239. The maximum atomic E-state index is 12.4. The van der Waals surface area contributed by atoms with E-state index in [0.717, 1.165) is 37.5 Å². The number of rotatable bonds is 5. The number of ketones is 1. The average Bonchev–Trinajstić information content (AvgIpc) is 2.63.